The van der Waals surface area contributed by atoms with E-state index in [0.717, 1.165) is 41.6 Å². The molecule has 4 heteroatoms. The van der Waals surface area contributed by atoms with Gasteiger partial charge >= 0.3 is 0 Å². The Balaban J connectivity index is 1.30. The van der Waals surface area contributed by atoms with Gasteiger partial charge in [-0.05, 0) is 36.7 Å². The van der Waals surface area contributed by atoms with Gasteiger partial charge in [0.1, 0.15) is 0 Å². The van der Waals surface area contributed by atoms with Gasteiger partial charge in [-0.15, -0.1) is 11.3 Å². The lowest BCUT2D eigenvalue weighted by Crippen LogP contribution is -2.20. The molecule has 0 spiro atoms. The molecule has 0 saturated heterocycles. The number of hydrogen-bond donors (Lipinski definition) is 1. The maximum Gasteiger partial charge on any atom is 0.187 e. The first kappa shape index (κ1) is 19.4. The van der Waals surface area contributed by atoms with Crippen molar-refractivity contribution in [2.24, 2.45) is 0 Å². The summed E-state index contributed by atoms with van der Waals surface area (Å²) < 4.78 is 0. The number of nitrogens with zero attached hydrogens (tertiary/aromatic N) is 2. The Kier molecular flexibility index (Phi) is 6.35. The quantitative estimate of drug-likeness (QED) is 0.381. The number of likely N-dealkylation sites (N-methyl/N-ethyl adjacent to an activating group) is 1. The van der Waals surface area contributed by atoms with Gasteiger partial charge in [-0.25, -0.2) is 4.98 Å². The number of anilines is 2. The topological polar surface area (TPSA) is 28.2 Å². The smallest absolute Gasteiger partial charge is 0.187 e. The lowest BCUT2D eigenvalue weighted by molar-refractivity contribution is 0.331. The van der Waals surface area contributed by atoms with Crippen molar-refractivity contribution in [1.29, 1.82) is 0 Å². The van der Waals surface area contributed by atoms with Gasteiger partial charge in [0.25, 0.3) is 0 Å². The molecule has 0 saturated carbocycles. The molecule has 146 valence electrons. The fourth-order valence-electron chi connectivity index (χ4n) is 3.24. The van der Waals surface area contributed by atoms with Crippen LogP contribution in [0, 0.1) is 0 Å². The van der Waals surface area contributed by atoms with Gasteiger partial charge in [-0.3, -0.25) is 0 Å². The van der Waals surface area contributed by atoms with Gasteiger partial charge in [0.05, 0.1) is 5.69 Å². The molecule has 4 aromatic rings. The van der Waals surface area contributed by atoms with Gasteiger partial charge < -0.3 is 10.2 Å². The molecular formula is C25H25N3S. The van der Waals surface area contributed by atoms with Crippen LogP contribution in [-0.4, -0.2) is 23.5 Å². The molecule has 0 unspecified atom stereocenters. The third kappa shape index (κ3) is 5.53. The van der Waals surface area contributed by atoms with E-state index in [2.05, 4.69) is 89.4 Å². The molecule has 1 N–H and O–H groups in total. The number of aromatic nitrogens is 1. The molecule has 0 radical (unpaired) electrons. The van der Waals surface area contributed by atoms with E-state index in [-0.39, 0.29) is 0 Å². The minimum absolute atomic E-state index is 0.916. The highest BCUT2D eigenvalue weighted by Crippen LogP contribution is 2.27. The molecule has 3 aromatic carbocycles. The van der Waals surface area contributed by atoms with Crippen molar-refractivity contribution in [3.05, 3.63) is 101 Å². The normalized spacial score (nSPS) is 11.0. The van der Waals surface area contributed by atoms with Gasteiger partial charge in [-0.1, -0.05) is 72.8 Å². The van der Waals surface area contributed by atoms with Gasteiger partial charge in [-0.2, -0.15) is 0 Å². The van der Waals surface area contributed by atoms with Crippen LogP contribution in [0.2, 0.25) is 0 Å². The zero-order valence-electron chi connectivity index (χ0n) is 16.6. The van der Waals surface area contributed by atoms with Crippen molar-refractivity contribution in [1.82, 2.24) is 9.88 Å². The van der Waals surface area contributed by atoms with Crippen LogP contribution in [-0.2, 0) is 13.0 Å². The Hall–Kier alpha value is -2.95. The van der Waals surface area contributed by atoms with Crippen molar-refractivity contribution >= 4 is 22.2 Å². The minimum atomic E-state index is 0.916. The fourth-order valence-corrected chi connectivity index (χ4v) is 3.98. The molecule has 1 heterocycles. The summed E-state index contributed by atoms with van der Waals surface area (Å²) in [4.78, 5) is 7.06. The average molecular weight is 400 g/mol. The molecule has 3 nitrogen and oxygen atoms in total. The third-order valence-corrected chi connectivity index (χ3v) is 5.61. The molecule has 0 fully saturated rings. The molecule has 4 rings (SSSR count). The average Bonchev–Trinajstić information content (AvgIpc) is 3.23. The second kappa shape index (κ2) is 9.50. The zero-order valence-corrected chi connectivity index (χ0v) is 17.4. The Morgan fingerprint density at radius 1 is 0.828 bits per heavy atom. The molecule has 0 aliphatic rings. The van der Waals surface area contributed by atoms with Crippen LogP contribution < -0.4 is 5.32 Å². The summed E-state index contributed by atoms with van der Waals surface area (Å²) >= 11 is 1.63. The Bertz CT molecular complexity index is 1010. The van der Waals surface area contributed by atoms with Gasteiger partial charge in [0.15, 0.2) is 5.13 Å². The van der Waals surface area contributed by atoms with Crippen molar-refractivity contribution in [2.45, 2.75) is 13.0 Å². The van der Waals surface area contributed by atoms with Crippen molar-refractivity contribution < 1.29 is 0 Å². The fraction of sp³-hybridized carbons (Fsp3) is 0.160. The van der Waals surface area contributed by atoms with Gasteiger partial charge in [0.2, 0.25) is 0 Å². The summed E-state index contributed by atoms with van der Waals surface area (Å²) in [7, 11) is 2.18. The van der Waals surface area contributed by atoms with Crippen LogP contribution in [0.4, 0.5) is 10.8 Å². The van der Waals surface area contributed by atoms with Crippen LogP contribution in [0.5, 0.6) is 0 Å². The van der Waals surface area contributed by atoms with Crippen molar-refractivity contribution in [2.75, 3.05) is 18.9 Å². The maximum atomic E-state index is 4.70. The number of rotatable bonds is 8. The number of hydrogen-bond acceptors (Lipinski definition) is 4. The summed E-state index contributed by atoms with van der Waals surface area (Å²) in [5, 5.41) is 6.42. The van der Waals surface area contributed by atoms with Gasteiger partial charge in [0, 0.05) is 29.7 Å². The third-order valence-electron chi connectivity index (χ3n) is 4.86. The van der Waals surface area contributed by atoms with Crippen LogP contribution >= 0.6 is 11.3 Å². The van der Waals surface area contributed by atoms with Crippen LogP contribution in [0.1, 0.15) is 11.1 Å². The van der Waals surface area contributed by atoms with E-state index in [1.807, 2.05) is 18.2 Å². The highest BCUT2D eigenvalue weighted by Gasteiger charge is 2.05. The van der Waals surface area contributed by atoms with E-state index in [4.69, 9.17) is 4.98 Å². The highest BCUT2D eigenvalue weighted by atomic mass is 32.1. The predicted molar refractivity (Wildman–Crippen MR) is 124 cm³/mol. The van der Waals surface area contributed by atoms with E-state index >= 15 is 0 Å². The highest BCUT2D eigenvalue weighted by molar-refractivity contribution is 7.14. The van der Waals surface area contributed by atoms with Crippen molar-refractivity contribution in [3.8, 4) is 11.3 Å². The molecule has 0 aliphatic heterocycles. The summed E-state index contributed by atoms with van der Waals surface area (Å²) in [6, 6.07) is 29.6. The summed E-state index contributed by atoms with van der Waals surface area (Å²) in [6.45, 7) is 2.02. The molecule has 0 aliphatic carbocycles. The predicted octanol–water partition coefficient (Wildman–Crippen LogP) is 6.23. The first-order chi connectivity index (χ1) is 14.3. The second-order valence-electron chi connectivity index (χ2n) is 7.20. The summed E-state index contributed by atoms with van der Waals surface area (Å²) in [5.74, 6) is 0. The van der Waals surface area contributed by atoms with E-state index in [0.29, 0.717) is 0 Å². The minimum Gasteiger partial charge on any atom is -0.332 e. The first-order valence-electron chi connectivity index (χ1n) is 9.86. The Morgan fingerprint density at radius 3 is 2.24 bits per heavy atom. The molecule has 29 heavy (non-hydrogen) atoms. The zero-order chi connectivity index (χ0) is 19.9. The lowest BCUT2D eigenvalue weighted by Gasteiger charge is -2.16. The van der Waals surface area contributed by atoms with E-state index in [1.54, 1.807) is 11.3 Å². The molecule has 0 bridgehead atoms. The van der Waals surface area contributed by atoms with E-state index in [1.165, 1.54) is 11.1 Å². The number of benzene rings is 3. The Morgan fingerprint density at radius 2 is 1.52 bits per heavy atom. The first-order valence-corrected chi connectivity index (χ1v) is 10.7. The van der Waals surface area contributed by atoms with E-state index in [9.17, 15) is 0 Å². The summed E-state index contributed by atoms with van der Waals surface area (Å²) in [6.07, 6.45) is 1.04. The SMILES string of the molecule is CN(CCc1ccc(Nc2nc(-c3ccccc3)cs2)cc1)Cc1ccccc1. The number of thiazole rings is 1. The van der Waals surface area contributed by atoms with Crippen LogP contribution in [0.25, 0.3) is 11.3 Å². The molecular weight excluding hydrogens is 374 g/mol. The Labute approximate surface area is 176 Å². The maximum absolute atomic E-state index is 4.70. The number of nitrogens with one attached hydrogen (secondary N) is 1. The largest absolute Gasteiger partial charge is 0.332 e. The standard InChI is InChI=1S/C25H25N3S/c1-28(18-21-8-4-2-5-9-21)17-16-20-12-14-23(15-13-20)26-25-27-24(19-29-25)22-10-6-3-7-11-22/h2-15,19H,16-18H2,1H3,(H,26,27). The van der Waals surface area contributed by atoms with Crippen LogP contribution in [0.15, 0.2) is 90.3 Å². The lowest BCUT2D eigenvalue weighted by atomic mass is 10.1. The molecule has 0 atom stereocenters. The summed E-state index contributed by atoms with van der Waals surface area (Å²) in [5.41, 5.74) is 5.93. The van der Waals surface area contributed by atoms with E-state index < -0.39 is 0 Å². The second-order valence-corrected chi connectivity index (χ2v) is 8.06. The molecule has 0 amide bonds. The monoisotopic (exact) mass is 399 g/mol. The van der Waals surface area contributed by atoms with Crippen molar-refractivity contribution in [3.63, 3.8) is 0 Å². The van der Waals surface area contributed by atoms with Crippen LogP contribution in [0.3, 0.4) is 0 Å². The molecule has 1 aromatic heterocycles.